The highest BCUT2D eigenvalue weighted by Gasteiger charge is 2.09. The van der Waals surface area contributed by atoms with E-state index in [1.165, 1.54) is 0 Å². The van der Waals surface area contributed by atoms with E-state index in [1.54, 1.807) is 18.2 Å². The van der Waals surface area contributed by atoms with Crippen LogP contribution >= 0.6 is 12.2 Å². The third-order valence-electron chi connectivity index (χ3n) is 2.92. The number of rotatable bonds is 4. The molecule has 0 amide bonds. The summed E-state index contributed by atoms with van der Waals surface area (Å²) < 4.78 is 5.29. The van der Waals surface area contributed by atoms with Gasteiger partial charge in [-0.05, 0) is 24.4 Å². The summed E-state index contributed by atoms with van der Waals surface area (Å²) in [6.07, 6.45) is 0. The van der Waals surface area contributed by atoms with Gasteiger partial charge in [0.1, 0.15) is 5.75 Å². The Morgan fingerprint density at radius 1 is 1.37 bits per heavy atom. The molecule has 1 aromatic carbocycles. The van der Waals surface area contributed by atoms with E-state index < -0.39 is 0 Å². The molecule has 2 rings (SSSR count). The number of hydrogen-bond donors (Lipinski definition) is 3. The lowest BCUT2D eigenvalue weighted by Gasteiger charge is -2.26. The largest absolute Gasteiger partial charge is 0.508 e. The van der Waals surface area contributed by atoms with Crippen LogP contribution in [-0.2, 0) is 4.74 Å². The molecule has 1 heterocycles. The number of ether oxygens (including phenoxy) is 1. The normalized spacial score (nSPS) is 16.0. The van der Waals surface area contributed by atoms with E-state index in [4.69, 9.17) is 17.0 Å². The van der Waals surface area contributed by atoms with Crippen molar-refractivity contribution in [1.29, 1.82) is 0 Å². The molecular formula is C13H19N3O2S. The molecule has 0 unspecified atom stereocenters. The molecule has 1 aliphatic rings. The topological polar surface area (TPSA) is 56.8 Å². The molecule has 1 aromatic rings. The van der Waals surface area contributed by atoms with Gasteiger partial charge in [-0.25, -0.2) is 0 Å². The average molecular weight is 281 g/mol. The number of phenolic OH excluding ortho intramolecular Hbond substituents is 1. The van der Waals surface area contributed by atoms with E-state index in [0.29, 0.717) is 5.11 Å². The quantitative estimate of drug-likeness (QED) is 0.716. The van der Waals surface area contributed by atoms with Gasteiger partial charge in [0.25, 0.3) is 0 Å². The van der Waals surface area contributed by atoms with Gasteiger partial charge in [-0.3, -0.25) is 4.90 Å². The molecule has 0 radical (unpaired) electrons. The van der Waals surface area contributed by atoms with Crippen molar-refractivity contribution in [3.05, 3.63) is 24.3 Å². The Hall–Kier alpha value is -1.37. The van der Waals surface area contributed by atoms with E-state index in [9.17, 15) is 5.11 Å². The first-order chi connectivity index (χ1) is 9.24. The second kappa shape index (κ2) is 7.28. The summed E-state index contributed by atoms with van der Waals surface area (Å²) in [5.74, 6) is 0.223. The van der Waals surface area contributed by atoms with Crippen LogP contribution < -0.4 is 10.6 Å². The number of anilines is 1. The van der Waals surface area contributed by atoms with Crippen molar-refractivity contribution in [3.63, 3.8) is 0 Å². The minimum absolute atomic E-state index is 0.223. The Morgan fingerprint density at radius 2 is 2.16 bits per heavy atom. The van der Waals surface area contributed by atoms with Crippen molar-refractivity contribution in [1.82, 2.24) is 10.2 Å². The van der Waals surface area contributed by atoms with Crippen LogP contribution in [0.25, 0.3) is 0 Å². The zero-order valence-electron chi connectivity index (χ0n) is 10.8. The summed E-state index contributed by atoms with van der Waals surface area (Å²) in [6, 6.07) is 6.89. The standard InChI is InChI=1S/C13H19N3O2S/c17-12-3-1-2-11(10-12)15-13(19)14-4-5-16-6-8-18-9-7-16/h1-3,10,17H,4-9H2,(H2,14,15,19). The Bertz CT molecular complexity index is 422. The lowest BCUT2D eigenvalue weighted by atomic mass is 10.3. The molecule has 0 aliphatic carbocycles. The SMILES string of the molecule is Oc1cccc(NC(=S)NCCN2CCOCC2)c1. The average Bonchev–Trinajstić information content (AvgIpc) is 2.40. The van der Waals surface area contributed by atoms with Crippen LogP contribution in [0.4, 0.5) is 5.69 Å². The molecular weight excluding hydrogens is 262 g/mol. The van der Waals surface area contributed by atoms with Gasteiger partial charge in [-0.15, -0.1) is 0 Å². The van der Waals surface area contributed by atoms with Gasteiger partial charge in [0, 0.05) is 37.9 Å². The van der Waals surface area contributed by atoms with Crippen LogP contribution in [-0.4, -0.2) is 54.5 Å². The first-order valence-corrected chi connectivity index (χ1v) is 6.79. The first-order valence-electron chi connectivity index (χ1n) is 6.38. The van der Waals surface area contributed by atoms with Crippen molar-refractivity contribution in [2.45, 2.75) is 0 Å². The molecule has 5 nitrogen and oxygen atoms in total. The summed E-state index contributed by atoms with van der Waals surface area (Å²) in [7, 11) is 0. The zero-order chi connectivity index (χ0) is 13.5. The molecule has 1 aliphatic heterocycles. The third-order valence-corrected chi connectivity index (χ3v) is 3.17. The summed E-state index contributed by atoms with van der Waals surface area (Å²) in [5, 5.41) is 16.1. The number of thiocarbonyl (C=S) groups is 1. The molecule has 0 aromatic heterocycles. The molecule has 3 N–H and O–H groups in total. The smallest absolute Gasteiger partial charge is 0.170 e. The van der Waals surface area contributed by atoms with E-state index in [1.807, 2.05) is 6.07 Å². The van der Waals surface area contributed by atoms with Crippen LogP contribution in [0.2, 0.25) is 0 Å². The first kappa shape index (κ1) is 14.0. The maximum Gasteiger partial charge on any atom is 0.170 e. The molecule has 6 heteroatoms. The predicted molar refractivity (Wildman–Crippen MR) is 79.6 cm³/mol. The molecule has 0 bridgehead atoms. The monoisotopic (exact) mass is 281 g/mol. The Labute approximate surface area is 118 Å². The molecule has 104 valence electrons. The highest BCUT2D eigenvalue weighted by atomic mass is 32.1. The fraction of sp³-hybridized carbons (Fsp3) is 0.462. The number of morpholine rings is 1. The second-order valence-corrected chi connectivity index (χ2v) is 4.79. The summed E-state index contributed by atoms with van der Waals surface area (Å²) in [6.45, 7) is 5.33. The molecule has 1 saturated heterocycles. The Balaban J connectivity index is 1.67. The van der Waals surface area contributed by atoms with Crippen LogP contribution in [0.1, 0.15) is 0 Å². The number of nitrogens with one attached hydrogen (secondary N) is 2. The van der Waals surface area contributed by atoms with E-state index in [2.05, 4.69) is 15.5 Å². The van der Waals surface area contributed by atoms with Gasteiger partial charge >= 0.3 is 0 Å². The van der Waals surface area contributed by atoms with E-state index in [-0.39, 0.29) is 5.75 Å². The molecule has 0 spiro atoms. The number of hydrogen-bond acceptors (Lipinski definition) is 4. The lowest BCUT2D eigenvalue weighted by Crippen LogP contribution is -2.42. The summed E-state index contributed by atoms with van der Waals surface area (Å²) in [5.41, 5.74) is 0.781. The van der Waals surface area contributed by atoms with Gasteiger partial charge in [0.15, 0.2) is 5.11 Å². The third kappa shape index (κ3) is 5.02. The van der Waals surface area contributed by atoms with Crippen molar-refractivity contribution in [2.75, 3.05) is 44.7 Å². The van der Waals surface area contributed by atoms with Gasteiger partial charge in [-0.2, -0.15) is 0 Å². The molecule has 1 fully saturated rings. The molecule has 0 atom stereocenters. The summed E-state index contributed by atoms with van der Waals surface area (Å²) in [4.78, 5) is 2.34. The number of aromatic hydroxyl groups is 1. The van der Waals surface area contributed by atoms with Crippen LogP contribution in [0, 0.1) is 0 Å². The van der Waals surface area contributed by atoms with Crippen molar-refractivity contribution >= 4 is 23.0 Å². The van der Waals surface area contributed by atoms with Crippen LogP contribution in [0.15, 0.2) is 24.3 Å². The lowest BCUT2D eigenvalue weighted by molar-refractivity contribution is 0.0389. The van der Waals surface area contributed by atoms with Gasteiger partial charge < -0.3 is 20.5 Å². The van der Waals surface area contributed by atoms with Crippen molar-refractivity contribution in [3.8, 4) is 5.75 Å². The maximum atomic E-state index is 9.35. The second-order valence-electron chi connectivity index (χ2n) is 4.39. The molecule has 0 saturated carbocycles. The van der Waals surface area contributed by atoms with Crippen LogP contribution in [0.5, 0.6) is 5.75 Å². The van der Waals surface area contributed by atoms with Gasteiger partial charge in [-0.1, -0.05) is 6.07 Å². The number of phenols is 1. The number of nitrogens with zero attached hydrogens (tertiary/aromatic N) is 1. The molecule has 19 heavy (non-hydrogen) atoms. The van der Waals surface area contributed by atoms with Gasteiger partial charge in [0.05, 0.1) is 13.2 Å². The number of benzene rings is 1. The fourth-order valence-corrected chi connectivity index (χ4v) is 2.13. The van der Waals surface area contributed by atoms with E-state index in [0.717, 1.165) is 45.1 Å². The zero-order valence-corrected chi connectivity index (χ0v) is 11.6. The van der Waals surface area contributed by atoms with Crippen molar-refractivity contribution in [2.24, 2.45) is 0 Å². The predicted octanol–water partition coefficient (Wildman–Crippen LogP) is 1.01. The minimum atomic E-state index is 0.223. The summed E-state index contributed by atoms with van der Waals surface area (Å²) >= 11 is 5.20. The van der Waals surface area contributed by atoms with E-state index >= 15 is 0 Å². The fourth-order valence-electron chi connectivity index (χ4n) is 1.91. The highest BCUT2D eigenvalue weighted by Crippen LogP contribution is 2.14. The maximum absolute atomic E-state index is 9.35. The highest BCUT2D eigenvalue weighted by molar-refractivity contribution is 7.80. The van der Waals surface area contributed by atoms with Crippen LogP contribution in [0.3, 0.4) is 0 Å². The van der Waals surface area contributed by atoms with Crippen molar-refractivity contribution < 1.29 is 9.84 Å². The van der Waals surface area contributed by atoms with Gasteiger partial charge in [0.2, 0.25) is 0 Å². The Morgan fingerprint density at radius 3 is 2.89 bits per heavy atom. The minimum Gasteiger partial charge on any atom is -0.508 e. The Kier molecular flexibility index (Phi) is 5.38.